The Hall–Kier alpha value is -1.48. The van der Waals surface area contributed by atoms with E-state index in [0.717, 1.165) is 4.68 Å². The van der Waals surface area contributed by atoms with E-state index in [2.05, 4.69) is 31.0 Å². The largest absolute Gasteiger partial charge is 0.453 e. The maximum absolute atomic E-state index is 12.4. The summed E-state index contributed by atoms with van der Waals surface area (Å²) >= 11 is 3.15. The van der Waals surface area contributed by atoms with Crippen LogP contribution in [0.4, 0.5) is 13.2 Å². The van der Waals surface area contributed by atoms with Crippen LogP contribution in [0.2, 0.25) is 0 Å². The molecule has 0 spiro atoms. The van der Waals surface area contributed by atoms with Crippen LogP contribution in [-0.4, -0.2) is 24.9 Å². The summed E-state index contributed by atoms with van der Waals surface area (Å²) in [5, 5.41) is 12.3. The number of nitrogens with zero attached hydrogens (tertiary/aromatic N) is 4. The van der Waals surface area contributed by atoms with Crippen molar-refractivity contribution in [3.8, 4) is 5.82 Å². The molecule has 18 heavy (non-hydrogen) atoms. The predicted octanol–water partition coefficient (Wildman–Crippen LogP) is 1.94. The Bertz CT molecular complexity index is 552. The van der Waals surface area contributed by atoms with Gasteiger partial charge in [0.15, 0.2) is 11.6 Å². The number of halogens is 4. The van der Waals surface area contributed by atoms with Crippen molar-refractivity contribution in [3.63, 3.8) is 0 Å². The molecule has 96 valence electrons. The zero-order valence-electron chi connectivity index (χ0n) is 8.69. The number of alkyl halides is 3. The molecule has 0 aliphatic rings. The Kier molecular flexibility index (Phi) is 3.35. The lowest BCUT2D eigenvalue weighted by molar-refractivity contribution is -0.144. The fourth-order valence-electron chi connectivity index (χ4n) is 1.24. The summed E-state index contributed by atoms with van der Waals surface area (Å²) in [6.07, 6.45) is -3.25. The Morgan fingerprint density at radius 1 is 1.33 bits per heavy atom. The van der Waals surface area contributed by atoms with Crippen LogP contribution in [0.3, 0.4) is 0 Å². The Morgan fingerprint density at radius 2 is 2.06 bits per heavy atom. The van der Waals surface area contributed by atoms with E-state index in [1.54, 1.807) is 6.07 Å². The van der Waals surface area contributed by atoms with Gasteiger partial charge in [-0.05, 0) is 28.1 Å². The first kappa shape index (κ1) is 13.0. The molecule has 9 heteroatoms. The average molecular weight is 323 g/mol. The normalized spacial score (nSPS) is 11.8. The number of aliphatic hydroxyl groups excluding tert-OH is 1. The number of hydrogen-bond acceptors (Lipinski definition) is 4. The first-order valence-corrected chi connectivity index (χ1v) is 5.47. The Balaban J connectivity index is 2.50. The number of pyridine rings is 1. The third kappa shape index (κ3) is 2.51. The highest BCUT2D eigenvalue weighted by Gasteiger charge is 2.37. The molecule has 0 aliphatic heterocycles. The van der Waals surface area contributed by atoms with E-state index in [1.807, 2.05) is 0 Å². The van der Waals surface area contributed by atoms with Gasteiger partial charge in [-0.25, -0.2) is 9.97 Å². The molecule has 0 aliphatic carbocycles. The zero-order chi connectivity index (χ0) is 13.3. The van der Waals surface area contributed by atoms with Gasteiger partial charge in [0.2, 0.25) is 0 Å². The van der Waals surface area contributed by atoms with Crippen LogP contribution in [0, 0.1) is 0 Å². The molecule has 2 aromatic rings. The number of aliphatic hydroxyl groups is 1. The van der Waals surface area contributed by atoms with Gasteiger partial charge in [0.25, 0.3) is 5.82 Å². The topological polar surface area (TPSA) is 63.8 Å². The molecule has 0 amide bonds. The van der Waals surface area contributed by atoms with Crippen molar-refractivity contribution in [1.29, 1.82) is 0 Å². The van der Waals surface area contributed by atoms with Gasteiger partial charge in [-0.2, -0.15) is 17.9 Å². The molecule has 0 saturated carbocycles. The molecule has 2 rings (SSSR count). The summed E-state index contributed by atoms with van der Waals surface area (Å²) in [5.41, 5.74) is 0. The van der Waals surface area contributed by atoms with Gasteiger partial charge in [-0.3, -0.25) is 0 Å². The van der Waals surface area contributed by atoms with Crippen molar-refractivity contribution in [2.45, 2.75) is 12.8 Å². The highest BCUT2D eigenvalue weighted by molar-refractivity contribution is 9.10. The van der Waals surface area contributed by atoms with E-state index in [1.165, 1.54) is 12.3 Å². The smallest absolute Gasteiger partial charge is 0.388 e. The van der Waals surface area contributed by atoms with Gasteiger partial charge in [-0.15, -0.1) is 5.10 Å². The molecule has 2 heterocycles. The third-order valence-corrected chi connectivity index (χ3v) is 2.47. The second-order valence-corrected chi connectivity index (χ2v) is 4.17. The second kappa shape index (κ2) is 4.65. The summed E-state index contributed by atoms with van der Waals surface area (Å²) in [6, 6.07) is 3.05. The van der Waals surface area contributed by atoms with Crippen LogP contribution in [0.5, 0.6) is 0 Å². The average Bonchev–Trinajstić information content (AvgIpc) is 2.73. The molecule has 1 N–H and O–H groups in total. The van der Waals surface area contributed by atoms with Crippen molar-refractivity contribution in [1.82, 2.24) is 19.7 Å². The highest BCUT2D eigenvalue weighted by Crippen LogP contribution is 2.27. The summed E-state index contributed by atoms with van der Waals surface area (Å²) < 4.78 is 38.9. The maximum Gasteiger partial charge on any atom is 0.453 e. The van der Waals surface area contributed by atoms with Gasteiger partial charge in [0.1, 0.15) is 6.61 Å². The molecule has 5 nitrogen and oxygen atoms in total. The fraction of sp³-hybridized carbons (Fsp3) is 0.222. The van der Waals surface area contributed by atoms with E-state index < -0.39 is 18.6 Å². The minimum Gasteiger partial charge on any atom is -0.388 e. The molecular formula is C9H6BrF3N4O. The van der Waals surface area contributed by atoms with E-state index in [-0.39, 0.29) is 11.6 Å². The van der Waals surface area contributed by atoms with Crippen LogP contribution >= 0.6 is 15.9 Å². The van der Waals surface area contributed by atoms with Gasteiger partial charge < -0.3 is 5.11 Å². The van der Waals surface area contributed by atoms with Crippen molar-refractivity contribution < 1.29 is 18.3 Å². The predicted molar refractivity (Wildman–Crippen MR) is 57.8 cm³/mol. The zero-order valence-corrected chi connectivity index (χ0v) is 10.3. The van der Waals surface area contributed by atoms with Gasteiger partial charge in [0, 0.05) is 10.7 Å². The van der Waals surface area contributed by atoms with Gasteiger partial charge in [0.05, 0.1) is 0 Å². The quantitative estimate of drug-likeness (QED) is 0.917. The van der Waals surface area contributed by atoms with Crippen LogP contribution in [0.25, 0.3) is 5.82 Å². The molecule has 0 unspecified atom stereocenters. The lowest BCUT2D eigenvalue weighted by atomic mass is 10.4. The molecule has 0 atom stereocenters. The molecular weight excluding hydrogens is 317 g/mol. The molecule has 0 fully saturated rings. The summed E-state index contributed by atoms with van der Waals surface area (Å²) in [4.78, 5) is 7.11. The lowest BCUT2D eigenvalue weighted by Gasteiger charge is -2.02. The molecule has 2 aromatic heterocycles. The standard InChI is InChI=1S/C9H6BrF3N4O/c10-5-1-2-6(14-3-5)17-7(4-18)15-8(16-17)9(11,12)13/h1-3,18H,4H2. The highest BCUT2D eigenvalue weighted by atomic mass is 79.9. The maximum atomic E-state index is 12.4. The van der Waals surface area contributed by atoms with Crippen molar-refractivity contribution in [3.05, 3.63) is 34.5 Å². The fourth-order valence-corrected chi connectivity index (χ4v) is 1.48. The van der Waals surface area contributed by atoms with Crippen LogP contribution in [0.1, 0.15) is 11.6 Å². The van der Waals surface area contributed by atoms with E-state index in [4.69, 9.17) is 5.11 Å². The van der Waals surface area contributed by atoms with Crippen LogP contribution in [-0.2, 0) is 12.8 Å². The third-order valence-electron chi connectivity index (χ3n) is 2.00. The Morgan fingerprint density at radius 3 is 2.56 bits per heavy atom. The minimum atomic E-state index is -4.66. The molecule has 0 bridgehead atoms. The second-order valence-electron chi connectivity index (χ2n) is 3.25. The number of rotatable bonds is 2. The lowest BCUT2D eigenvalue weighted by Crippen LogP contribution is -2.09. The van der Waals surface area contributed by atoms with Crippen molar-refractivity contribution in [2.75, 3.05) is 0 Å². The first-order valence-electron chi connectivity index (χ1n) is 4.67. The molecule has 0 saturated heterocycles. The van der Waals surface area contributed by atoms with E-state index in [0.29, 0.717) is 4.47 Å². The summed E-state index contributed by atoms with van der Waals surface area (Å²) in [5.74, 6) is -1.39. The summed E-state index contributed by atoms with van der Waals surface area (Å²) in [6.45, 7) is -0.666. The van der Waals surface area contributed by atoms with E-state index >= 15 is 0 Å². The monoisotopic (exact) mass is 322 g/mol. The SMILES string of the molecule is OCc1nc(C(F)(F)F)nn1-c1ccc(Br)cn1. The van der Waals surface area contributed by atoms with Gasteiger partial charge >= 0.3 is 6.18 Å². The minimum absolute atomic E-state index is 0.144. The van der Waals surface area contributed by atoms with Crippen molar-refractivity contribution in [2.24, 2.45) is 0 Å². The van der Waals surface area contributed by atoms with Crippen molar-refractivity contribution >= 4 is 15.9 Å². The number of aromatic nitrogens is 4. The Labute approximate surface area is 107 Å². The molecule has 0 radical (unpaired) electrons. The van der Waals surface area contributed by atoms with Crippen LogP contribution in [0.15, 0.2) is 22.8 Å². The van der Waals surface area contributed by atoms with E-state index in [9.17, 15) is 13.2 Å². The van der Waals surface area contributed by atoms with Gasteiger partial charge in [-0.1, -0.05) is 0 Å². The van der Waals surface area contributed by atoms with Crippen LogP contribution < -0.4 is 0 Å². The summed E-state index contributed by atoms with van der Waals surface area (Å²) in [7, 11) is 0. The number of hydrogen-bond donors (Lipinski definition) is 1. The first-order chi connectivity index (χ1) is 8.41. The molecule has 0 aromatic carbocycles.